The van der Waals surface area contributed by atoms with Crippen LogP contribution < -0.4 is 0 Å². The van der Waals surface area contributed by atoms with Crippen LogP contribution >= 0.6 is 0 Å². The normalized spacial score (nSPS) is 20.3. The molecule has 3 heterocycles. The van der Waals surface area contributed by atoms with Gasteiger partial charge in [0, 0.05) is 13.1 Å². The zero-order chi connectivity index (χ0) is 20.5. The fourth-order valence-corrected chi connectivity index (χ4v) is 5.04. The minimum Gasteiger partial charge on any atom is -0.340 e. The van der Waals surface area contributed by atoms with E-state index in [4.69, 9.17) is 4.98 Å². The summed E-state index contributed by atoms with van der Waals surface area (Å²) in [5.41, 5.74) is 3.61. The number of H-pyrrole nitrogens is 1. The van der Waals surface area contributed by atoms with E-state index in [9.17, 15) is 4.79 Å². The maximum atomic E-state index is 13.2. The van der Waals surface area contributed by atoms with Gasteiger partial charge in [0.15, 0.2) is 5.69 Å². The first-order chi connectivity index (χ1) is 14.7. The first kappa shape index (κ1) is 19.3. The molecule has 7 heteroatoms. The van der Waals surface area contributed by atoms with Gasteiger partial charge in [-0.05, 0) is 49.8 Å². The summed E-state index contributed by atoms with van der Waals surface area (Å²) in [6.07, 6.45) is 11.6. The lowest BCUT2D eigenvalue weighted by molar-refractivity contribution is 0.0724. The van der Waals surface area contributed by atoms with Crippen LogP contribution in [0.2, 0.25) is 0 Å². The maximum absolute atomic E-state index is 13.2. The van der Waals surface area contributed by atoms with E-state index < -0.39 is 0 Å². The quantitative estimate of drug-likeness (QED) is 0.681. The topological polar surface area (TPSA) is 79.7 Å². The highest BCUT2D eigenvalue weighted by atomic mass is 16.2. The van der Waals surface area contributed by atoms with Crippen LogP contribution in [-0.4, -0.2) is 42.3 Å². The van der Waals surface area contributed by atoms with Gasteiger partial charge in [0.25, 0.3) is 5.91 Å². The van der Waals surface area contributed by atoms with Crippen molar-refractivity contribution < 1.29 is 4.79 Å². The molecule has 0 bridgehead atoms. The molecule has 2 aliphatic rings. The van der Waals surface area contributed by atoms with Crippen molar-refractivity contribution in [2.45, 2.75) is 70.9 Å². The third-order valence-corrected chi connectivity index (χ3v) is 6.73. The molecule has 1 aliphatic carbocycles. The molecule has 5 rings (SSSR count). The highest BCUT2D eigenvalue weighted by molar-refractivity contribution is 5.92. The number of likely N-dealkylation sites (tertiary alicyclic amines) is 1. The lowest BCUT2D eigenvalue weighted by Crippen LogP contribution is -2.31. The first-order valence-corrected chi connectivity index (χ1v) is 11.3. The molecule has 1 N–H and O–H groups in total. The van der Waals surface area contributed by atoms with Crippen molar-refractivity contribution in [3.63, 3.8) is 0 Å². The van der Waals surface area contributed by atoms with Crippen LogP contribution in [0.3, 0.4) is 0 Å². The van der Waals surface area contributed by atoms with Crippen molar-refractivity contribution in [2.75, 3.05) is 6.54 Å². The van der Waals surface area contributed by atoms with E-state index in [1.807, 2.05) is 21.8 Å². The van der Waals surface area contributed by atoms with Crippen molar-refractivity contribution in [1.82, 2.24) is 29.9 Å². The summed E-state index contributed by atoms with van der Waals surface area (Å²) in [5, 5.41) is 8.43. The highest BCUT2D eigenvalue weighted by Crippen LogP contribution is 2.32. The number of imidazole rings is 1. The zero-order valence-corrected chi connectivity index (χ0v) is 17.7. The van der Waals surface area contributed by atoms with Gasteiger partial charge in [-0.25, -0.2) is 4.98 Å². The number of nitrogens with zero attached hydrogens (tertiary/aromatic N) is 5. The van der Waals surface area contributed by atoms with E-state index in [0.29, 0.717) is 5.69 Å². The van der Waals surface area contributed by atoms with Crippen LogP contribution in [0.4, 0.5) is 0 Å². The number of carbonyl (C=O) groups is 1. The molecule has 0 spiro atoms. The van der Waals surface area contributed by atoms with Crippen molar-refractivity contribution in [3.8, 4) is 0 Å². The number of aromatic amines is 1. The highest BCUT2D eigenvalue weighted by Gasteiger charge is 2.34. The molecular weight excluding hydrogens is 376 g/mol. The molecule has 1 saturated heterocycles. The Bertz CT molecular complexity index is 1030. The molecule has 1 amide bonds. The van der Waals surface area contributed by atoms with Crippen LogP contribution in [0, 0.1) is 12.8 Å². The smallest absolute Gasteiger partial charge is 0.276 e. The predicted octanol–water partition coefficient (Wildman–Crippen LogP) is 4.41. The van der Waals surface area contributed by atoms with E-state index >= 15 is 0 Å². The van der Waals surface area contributed by atoms with Gasteiger partial charge in [0.05, 0.1) is 23.3 Å². The number of hydrogen-bond donors (Lipinski definition) is 1. The average molecular weight is 407 g/mol. The fraction of sp³-hybridized carbons (Fsp3) is 0.565. The monoisotopic (exact) mass is 406 g/mol. The molecule has 2 fully saturated rings. The SMILES string of the molecule is Cc1ccc2nc([C@@H]3CCCN3C(=O)c3cn(CCC4CCCCC4)nn3)[nH]c2c1. The zero-order valence-electron chi connectivity index (χ0n) is 17.7. The van der Waals surface area contributed by atoms with Crippen LogP contribution in [0.5, 0.6) is 0 Å². The van der Waals surface area contributed by atoms with E-state index in [2.05, 4.69) is 34.4 Å². The Balaban J connectivity index is 1.28. The molecule has 7 nitrogen and oxygen atoms in total. The second kappa shape index (κ2) is 8.20. The number of nitrogens with one attached hydrogen (secondary N) is 1. The van der Waals surface area contributed by atoms with Crippen molar-refractivity contribution >= 4 is 16.9 Å². The molecule has 2 aromatic heterocycles. The minimum absolute atomic E-state index is 0.0300. The van der Waals surface area contributed by atoms with Crippen LogP contribution in [0.15, 0.2) is 24.4 Å². The number of aryl methyl sites for hydroxylation is 2. The van der Waals surface area contributed by atoms with Gasteiger partial charge in [0.2, 0.25) is 0 Å². The summed E-state index contributed by atoms with van der Waals surface area (Å²) in [6, 6.07) is 6.17. The Morgan fingerprint density at radius 3 is 2.90 bits per heavy atom. The van der Waals surface area contributed by atoms with Gasteiger partial charge in [-0.2, -0.15) is 0 Å². The fourth-order valence-electron chi connectivity index (χ4n) is 5.04. The van der Waals surface area contributed by atoms with Crippen molar-refractivity contribution in [2.24, 2.45) is 5.92 Å². The van der Waals surface area contributed by atoms with E-state index in [1.54, 1.807) is 0 Å². The van der Waals surface area contributed by atoms with Crippen molar-refractivity contribution in [1.29, 1.82) is 0 Å². The molecule has 0 unspecified atom stereocenters. The number of rotatable bonds is 5. The number of fused-ring (bicyclic) bond motifs is 1. The van der Waals surface area contributed by atoms with Crippen molar-refractivity contribution in [3.05, 3.63) is 41.5 Å². The lowest BCUT2D eigenvalue weighted by Gasteiger charge is -2.22. The van der Waals surface area contributed by atoms with Crippen LogP contribution in [-0.2, 0) is 6.54 Å². The number of aromatic nitrogens is 5. The van der Waals surface area contributed by atoms with E-state index in [0.717, 1.165) is 55.1 Å². The summed E-state index contributed by atoms with van der Waals surface area (Å²) in [4.78, 5) is 23.3. The molecule has 30 heavy (non-hydrogen) atoms. The number of benzene rings is 1. The first-order valence-electron chi connectivity index (χ1n) is 11.3. The Kier molecular flexibility index (Phi) is 5.27. The number of carbonyl (C=O) groups excluding carboxylic acids is 1. The summed E-state index contributed by atoms with van der Waals surface area (Å²) in [6.45, 7) is 3.65. The maximum Gasteiger partial charge on any atom is 0.276 e. The third-order valence-electron chi connectivity index (χ3n) is 6.73. The van der Waals surface area contributed by atoms with Gasteiger partial charge in [-0.3, -0.25) is 9.48 Å². The molecule has 3 aromatic rings. The lowest BCUT2D eigenvalue weighted by atomic mass is 9.87. The molecule has 1 saturated carbocycles. The standard InChI is InChI=1S/C23H30N6O/c1-16-9-10-18-19(14-16)25-22(24-18)21-8-5-12-29(21)23(30)20-15-28(27-26-20)13-11-17-6-3-2-4-7-17/h9-10,14-15,17,21H,2-8,11-13H2,1H3,(H,24,25)/t21-/m0/s1. The molecule has 0 radical (unpaired) electrons. The van der Waals surface area contributed by atoms with Gasteiger partial charge in [-0.1, -0.05) is 43.4 Å². The molecular formula is C23H30N6O. The van der Waals surface area contributed by atoms with Gasteiger partial charge in [-0.15, -0.1) is 5.10 Å². The average Bonchev–Trinajstić information content (AvgIpc) is 3.50. The van der Waals surface area contributed by atoms with E-state index in [1.165, 1.54) is 37.7 Å². The Hall–Kier alpha value is -2.70. The Labute approximate surface area is 176 Å². The summed E-state index contributed by atoms with van der Waals surface area (Å²) in [7, 11) is 0. The second-order valence-corrected chi connectivity index (χ2v) is 8.96. The molecule has 1 aromatic carbocycles. The molecule has 158 valence electrons. The van der Waals surface area contributed by atoms with Crippen LogP contribution in [0.25, 0.3) is 11.0 Å². The van der Waals surface area contributed by atoms with Gasteiger partial charge < -0.3 is 9.88 Å². The minimum atomic E-state index is -0.0435. The summed E-state index contributed by atoms with van der Waals surface area (Å²) < 4.78 is 1.84. The predicted molar refractivity (Wildman–Crippen MR) is 115 cm³/mol. The molecule has 1 aliphatic heterocycles. The van der Waals surface area contributed by atoms with Crippen LogP contribution in [0.1, 0.15) is 79.3 Å². The van der Waals surface area contributed by atoms with Gasteiger partial charge >= 0.3 is 0 Å². The summed E-state index contributed by atoms with van der Waals surface area (Å²) >= 11 is 0. The number of hydrogen-bond acceptors (Lipinski definition) is 4. The van der Waals surface area contributed by atoms with Gasteiger partial charge in [0.1, 0.15) is 5.82 Å². The van der Waals surface area contributed by atoms with E-state index in [-0.39, 0.29) is 11.9 Å². The largest absolute Gasteiger partial charge is 0.340 e. The Morgan fingerprint density at radius 1 is 1.17 bits per heavy atom. The number of amides is 1. The molecule has 1 atom stereocenters. The summed E-state index contributed by atoms with van der Waals surface area (Å²) in [5.74, 6) is 1.62. The Morgan fingerprint density at radius 2 is 2.03 bits per heavy atom. The third kappa shape index (κ3) is 3.85. The second-order valence-electron chi connectivity index (χ2n) is 8.96.